The van der Waals surface area contributed by atoms with Gasteiger partial charge in [-0.3, -0.25) is 4.79 Å². The predicted octanol–water partition coefficient (Wildman–Crippen LogP) is 2.40. The van der Waals surface area contributed by atoms with Crippen LogP contribution >= 0.6 is 0 Å². The van der Waals surface area contributed by atoms with Gasteiger partial charge in [0.25, 0.3) is 5.91 Å². The number of ether oxygens (including phenoxy) is 2. The minimum atomic E-state index is -0.0244. The topological polar surface area (TPSA) is 82.4 Å². The van der Waals surface area contributed by atoms with Crippen molar-refractivity contribution in [1.82, 2.24) is 24.6 Å². The number of aryl methyl sites for hydroxylation is 1. The van der Waals surface area contributed by atoms with E-state index in [9.17, 15) is 4.79 Å². The maximum absolute atomic E-state index is 13.0. The maximum atomic E-state index is 13.0. The zero-order chi connectivity index (χ0) is 19.7. The number of rotatable bonds is 4. The quantitative estimate of drug-likeness (QED) is 0.690. The van der Waals surface area contributed by atoms with Crippen molar-refractivity contribution in [3.63, 3.8) is 0 Å². The molecule has 0 bridgehead atoms. The second kappa shape index (κ2) is 7.46. The Balaban J connectivity index is 1.50. The third-order valence-corrected chi connectivity index (χ3v) is 5.29. The molecule has 0 radical (unpaired) electrons. The fourth-order valence-electron chi connectivity index (χ4n) is 3.78. The number of aromatic nitrogens is 4. The van der Waals surface area contributed by atoms with Crippen LogP contribution in [0.1, 0.15) is 34.8 Å². The lowest BCUT2D eigenvalue weighted by molar-refractivity contribution is 0.0709. The summed E-state index contributed by atoms with van der Waals surface area (Å²) in [7, 11) is 5.03. The van der Waals surface area contributed by atoms with Crippen LogP contribution < -0.4 is 9.47 Å². The molecule has 1 aliphatic rings. The van der Waals surface area contributed by atoms with Gasteiger partial charge in [-0.15, -0.1) is 0 Å². The lowest BCUT2D eigenvalue weighted by Gasteiger charge is -2.31. The van der Waals surface area contributed by atoms with Gasteiger partial charge in [-0.2, -0.15) is 5.10 Å². The summed E-state index contributed by atoms with van der Waals surface area (Å²) in [5.41, 5.74) is 3.17. The van der Waals surface area contributed by atoms with Crippen LogP contribution in [0.2, 0.25) is 0 Å². The number of hydrogen-bond acceptors (Lipinski definition) is 6. The Labute approximate surface area is 163 Å². The molecule has 8 heteroatoms. The highest BCUT2D eigenvalue weighted by Gasteiger charge is 2.29. The molecule has 1 aromatic carbocycles. The van der Waals surface area contributed by atoms with E-state index in [1.807, 2.05) is 11.9 Å². The summed E-state index contributed by atoms with van der Waals surface area (Å²) < 4.78 is 12.4. The number of fused-ring (bicyclic) bond motifs is 1. The molecular formula is C20H23N5O3. The van der Waals surface area contributed by atoms with Crippen LogP contribution in [-0.2, 0) is 7.05 Å². The molecule has 0 spiro atoms. The first-order chi connectivity index (χ1) is 13.6. The minimum Gasteiger partial charge on any atom is -0.497 e. The van der Waals surface area contributed by atoms with E-state index >= 15 is 0 Å². The van der Waals surface area contributed by atoms with Crippen molar-refractivity contribution in [1.29, 1.82) is 0 Å². The van der Waals surface area contributed by atoms with Crippen molar-refractivity contribution in [3.05, 3.63) is 41.9 Å². The first kappa shape index (κ1) is 18.2. The molecule has 28 heavy (non-hydrogen) atoms. The summed E-state index contributed by atoms with van der Waals surface area (Å²) in [6.45, 7) is 1.33. The molecule has 3 aromatic rings. The van der Waals surface area contributed by atoms with Crippen LogP contribution in [0.25, 0.3) is 11.2 Å². The Bertz CT molecular complexity index is 1010. The molecule has 1 amide bonds. The van der Waals surface area contributed by atoms with Crippen LogP contribution in [0.4, 0.5) is 0 Å². The van der Waals surface area contributed by atoms with E-state index in [1.165, 1.54) is 0 Å². The van der Waals surface area contributed by atoms with Crippen molar-refractivity contribution in [2.45, 2.75) is 18.8 Å². The first-order valence-electron chi connectivity index (χ1n) is 9.27. The third kappa shape index (κ3) is 3.15. The number of piperidine rings is 1. The van der Waals surface area contributed by atoms with Crippen LogP contribution in [0.15, 0.2) is 30.6 Å². The normalized spacial score (nSPS) is 15.0. The van der Waals surface area contributed by atoms with Gasteiger partial charge >= 0.3 is 0 Å². The molecule has 1 aliphatic heterocycles. The predicted molar refractivity (Wildman–Crippen MR) is 104 cm³/mol. The van der Waals surface area contributed by atoms with Gasteiger partial charge in [-0.25, -0.2) is 14.6 Å². The Hall–Kier alpha value is -3.16. The highest BCUT2D eigenvalue weighted by molar-refractivity contribution is 5.97. The van der Waals surface area contributed by atoms with Gasteiger partial charge in [0.2, 0.25) is 0 Å². The van der Waals surface area contributed by atoms with Crippen molar-refractivity contribution in [2.24, 2.45) is 7.05 Å². The van der Waals surface area contributed by atoms with E-state index in [0.717, 1.165) is 29.7 Å². The van der Waals surface area contributed by atoms with Crippen molar-refractivity contribution in [3.8, 4) is 11.5 Å². The molecule has 0 aliphatic carbocycles. The number of methoxy groups -OCH3 is 2. The molecule has 0 saturated carbocycles. The maximum Gasteiger partial charge on any atom is 0.257 e. The minimum absolute atomic E-state index is 0.0244. The largest absolute Gasteiger partial charge is 0.497 e. The van der Waals surface area contributed by atoms with E-state index in [2.05, 4.69) is 15.1 Å². The number of nitrogens with zero attached hydrogens (tertiary/aromatic N) is 5. The second-order valence-electron chi connectivity index (χ2n) is 6.87. The molecular weight excluding hydrogens is 358 g/mol. The van der Waals surface area contributed by atoms with E-state index in [-0.39, 0.29) is 11.8 Å². The molecule has 2 aromatic heterocycles. The molecule has 0 N–H and O–H groups in total. The molecule has 0 atom stereocenters. The molecule has 0 unspecified atom stereocenters. The summed E-state index contributed by atoms with van der Waals surface area (Å²) in [6, 6.07) is 5.27. The number of amides is 1. The van der Waals surface area contributed by atoms with Gasteiger partial charge in [0.05, 0.1) is 25.5 Å². The van der Waals surface area contributed by atoms with Gasteiger partial charge in [-0.1, -0.05) is 0 Å². The molecule has 3 heterocycles. The number of benzene rings is 1. The Morgan fingerprint density at radius 3 is 2.57 bits per heavy atom. The molecule has 146 valence electrons. The monoisotopic (exact) mass is 381 g/mol. The summed E-state index contributed by atoms with van der Waals surface area (Å²) in [5.74, 6) is 1.43. The van der Waals surface area contributed by atoms with Crippen molar-refractivity contribution in [2.75, 3.05) is 27.3 Å². The standard InChI is InChI=1S/C20H23N5O3/c1-24-19-18(21-8-9-22-19)17(23-24)13-6-10-25(11-7-13)20(26)15-5-4-14(27-2)12-16(15)28-3/h4-5,8-9,12-13H,6-7,10-11H2,1-3H3. The summed E-state index contributed by atoms with van der Waals surface area (Å²) in [6.07, 6.45) is 5.05. The molecule has 8 nitrogen and oxygen atoms in total. The van der Waals surface area contributed by atoms with Crippen molar-refractivity contribution >= 4 is 17.1 Å². The van der Waals surface area contributed by atoms with Gasteiger partial charge < -0.3 is 14.4 Å². The van der Waals surface area contributed by atoms with Crippen molar-refractivity contribution < 1.29 is 14.3 Å². The van der Waals surface area contributed by atoms with Gasteiger partial charge in [0, 0.05) is 44.5 Å². The van der Waals surface area contributed by atoms with E-state index in [0.29, 0.717) is 30.2 Å². The second-order valence-corrected chi connectivity index (χ2v) is 6.87. The Kier molecular flexibility index (Phi) is 4.85. The lowest BCUT2D eigenvalue weighted by atomic mass is 9.92. The number of carbonyl (C=O) groups is 1. The van der Waals surface area contributed by atoms with E-state index in [4.69, 9.17) is 9.47 Å². The summed E-state index contributed by atoms with van der Waals surface area (Å²) >= 11 is 0. The van der Waals surface area contributed by atoms with Gasteiger partial charge in [0.15, 0.2) is 5.65 Å². The van der Waals surface area contributed by atoms with E-state index in [1.54, 1.807) is 49.5 Å². The zero-order valence-corrected chi connectivity index (χ0v) is 16.3. The van der Waals surface area contributed by atoms with E-state index < -0.39 is 0 Å². The highest BCUT2D eigenvalue weighted by Crippen LogP contribution is 2.32. The first-order valence-corrected chi connectivity index (χ1v) is 9.27. The van der Waals surface area contributed by atoms with Crippen LogP contribution in [0.5, 0.6) is 11.5 Å². The molecule has 4 rings (SSSR count). The average molecular weight is 381 g/mol. The molecule has 1 fully saturated rings. The van der Waals surface area contributed by atoms with Gasteiger partial charge in [0.1, 0.15) is 17.0 Å². The number of likely N-dealkylation sites (tertiary alicyclic amines) is 1. The molecule has 1 saturated heterocycles. The zero-order valence-electron chi connectivity index (χ0n) is 16.3. The van der Waals surface area contributed by atoms with Gasteiger partial charge in [-0.05, 0) is 25.0 Å². The number of hydrogen-bond donors (Lipinski definition) is 0. The average Bonchev–Trinajstić information content (AvgIpc) is 3.09. The van der Waals surface area contributed by atoms with Crippen LogP contribution in [0, 0.1) is 0 Å². The third-order valence-electron chi connectivity index (χ3n) is 5.29. The smallest absolute Gasteiger partial charge is 0.257 e. The Morgan fingerprint density at radius 1 is 1.11 bits per heavy atom. The van der Waals surface area contributed by atoms with Crippen LogP contribution in [-0.4, -0.2) is 57.9 Å². The highest BCUT2D eigenvalue weighted by atomic mass is 16.5. The summed E-state index contributed by atoms with van der Waals surface area (Å²) in [4.78, 5) is 23.7. The summed E-state index contributed by atoms with van der Waals surface area (Å²) in [5, 5.41) is 4.64. The van der Waals surface area contributed by atoms with Crippen LogP contribution in [0.3, 0.4) is 0 Å². The fourth-order valence-corrected chi connectivity index (χ4v) is 3.78. The Morgan fingerprint density at radius 2 is 1.86 bits per heavy atom. The fraction of sp³-hybridized carbons (Fsp3) is 0.400. The SMILES string of the molecule is COc1ccc(C(=O)N2CCC(c3nn(C)c4nccnc34)CC2)c(OC)c1. The lowest BCUT2D eigenvalue weighted by Crippen LogP contribution is -2.38. The number of carbonyl (C=O) groups excluding carboxylic acids is 1.